The SMILES string of the molecule is CCCN1c2cc(-c3ccsc3)ccc2-c2nc(Nc3ccc(N4CCN(C)CC4)cc3)ncc2S1(=O)=O. The van der Waals surface area contributed by atoms with Crippen LogP contribution in [0.25, 0.3) is 22.4 Å². The molecule has 2 aromatic heterocycles. The number of hydrogen-bond acceptors (Lipinski definition) is 8. The number of hydrogen-bond donors (Lipinski definition) is 1. The number of fused-ring (bicyclic) bond motifs is 3. The highest BCUT2D eigenvalue weighted by Gasteiger charge is 2.36. The van der Waals surface area contributed by atoms with Crippen LogP contribution in [0.2, 0.25) is 0 Å². The summed E-state index contributed by atoms with van der Waals surface area (Å²) in [7, 11) is -1.63. The van der Waals surface area contributed by atoms with Crippen molar-refractivity contribution in [2.45, 2.75) is 18.2 Å². The second-order valence-electron chi connectivity index (χ2n) is 9.69. The molecule has 0 atom stereocenters. The zero-order valence-electron chi connectivity index (χ0n) is 21.5. The molecule has 2 aliphatic rings. The van der Waals surface area contributed by atoms with Gasteiger partial charge >= 0.3 is 0 Å². The predicted molar refractivity (Wildman–Crippen MR) is 155 cm³/mol. The Morgan fingerprint density at radius 2 is 1.79 bits per heavy atom. The number of rotatable bonds is 6. The molecule has 0 radical (unpaired) electrons. The van der Waals surface area contributed by atoms with Crippen LogP contribution in [-0.2, 0) is 10.0 Å². The standard InChI is InChI=1S/C28H30N6O2S2/c1-3-11-34-25-17-20(21-10-16-37-19-21)4-9-24(25)27-26(38(34,35)36)18-29-28(31-27)30-22-5-7-23(8-6-22)33-14-12-32(2)13-15-33/h4-10,16-19H,3,11-15H2,1-2H3,(H,29,30,31). The topological polar surface area (TPSA) is 81.7 Å². The van der Waals surface area contributed by atoms with Crippen molar-refractivity contribution in [3.05, 3.63) is 65.5 Å². The number of benzene rings is 2. The van der Waals surface area contributed by atoms with Crippen molar-refractivity contribution in [1.29, 1.82) is 0 Å². The van der Waals surface area contributed by atoms with Gasteiger partial charge in [0.1, 0.15) is 4.90 Å². The summed E-state index contributed by atoms with van der Waals surface area (Å²) in [4.78, 5) is 14.0. The van der Waals surface area contributed by atoms with Crippen molar-refractivity contribution in [2.75, 3.05) is 54.3 Å². The number of nitrogens with zero attached hydrogens (tertiary/aromatic N) is 5. The molecule has 1 N–H and O–H groups in total. The van der Waals surface area contributed by atoms with Gasteiger partial charge in [0.2, 0.25) is 5.95 Å². The van der Waals surface area contributed by atoms with Gasteiger partial charge in [-0.3, -0.25) is 4.31 Å². The predicted octanol–water partition coefficient (Wildman–Crippen LogP) is 5.29. The van der Waals surface area contributed by atoms with Gasteiger partial charge in [-0.2, -0.15) is 11.3 Å². The Hall–Kier alpha value is -3.47. The molecule has 196 valence electrons. The first-order chi connectivity index (χ1) is 18.4. The average Bonchev–Trinajstić information content (AvgIpc) is 3.47. The molecular weight excluding hydrogens is 516 g/mol. The molecule has 0 saturated carbocycles. The van der Waals surface area contributed by atoms with E-state index in [2.05, 4.69) is 44.7 Å². The fourth-order valence-electron chi connectivity index (χ4n) is 5.00. The molecule has 0 bridgehead atoms. The third-order valence-corrected chi connectivity index (χ3v) is 9.62. The van der Waals surface area contributed by atoms with E-state index in [1.165, 1.54) is 16.2 Å². The van der Waals surface area contributed by atoms with Crippen molar-refractivity contribution in [3.8, 4) is 22.4 Å². The Labute approximate surface area is 227 Å². The lowest BCUT2D eigenvalue weighted by molar-refractivity contribution is 0.313. The summed E-state index contributed by atoms with van der Waals surface area (Å²) < 4.78 is 28.8. The minimum absolute atomic E-state index is 0.137. The van der Waals surface area contributed by atoms with Crippen molar-refractivity contribution in [2.24, 2.45) is 0 Å². The van der Waals surface area contributed by atoms with E-state index in [1.807, 2.05) is 48.7 Å². The highest BCUT2D eigenvalue weighted by molar-refractivity contribution is 7.93. The van der Waals surface area contributed by atoms with E-state index in [4.69, 9.17) is 4.98 Å². The molecule has 0 spiro atoms. The van der Waals surface area contributed by atoms with Gasteiger partial charge in [-0.25, -0.2) is 18.4 Å². The Morgan fingerprint density at radius 3 is 2.50 bits per heavy atom. The highest BCUT2D eigenvalue weighted by atomic mass is 32.2. The van der Waals surface area contributed by atoms with E-state index in [0.717, 1.165) is 48.6 Å². The quantitative estimate of drug-likeness (QED) is 0.352. The molecule has 0 amide bonds. The first-order valence-electron chi connectivity index (χ1n) is 12.8. The van der Waals surface area contributed by atoms with Gasteiger partial charge in [-0.1, -0.05) is 19.1 Å². The van der Waals surface area contributed by atoms with Gasteiger partial charge in [-0.15, -0.1) is 0 Å². The van der Waals surface area contributed by atoms with E-state index in [1.54, 1.807) is 11.3 Å². The Kier molecular flexibility index (Phi) is 6.55. The largest absolute Gasteiger partial charge is 0.369 e. The van der Waals surface area contributed by atoms with Crippen molar-refractivity contribution in [1.82, 2.24) is 14.9 Å². The number of likely N-dealkylation sites (N-methyl/N-ethyl adjacent to an activating group) is 1. The molecular formula is C28H30N6O2S2. The van der Waals surface area contributed by atoms with Crippen LogP contribution in [0.3, 0.4) is 0 Å². The van der Waals surface area contributed by atoms with E-state index in [0.29, 0.717) is 30.3 Å². The zero-order valence-corrected chi connectivity index (χ0v) is 23.1. The molecule has 6 rings (SSSR count). The summed E-state index contributed by atoms with van der Waals surface area (Å²) in [6.07, 6.45) is 2.12. The molecule has 38 heavy (non-hydrogen) atoms. The summed E-state index contributed by atoms with van der Waals surface area (Å²) in [6, 6.07) is 16.2. The van der Waals surface area contributed by atoms with E-state index >= 15 is 0 Å². The van der Waals surface area contributed by atoms with Crippen molar-refractivity contribution < 1.29 is 8.42 Å². The molecule has 4 heterocycles. The Bertz CT molecular complexity index is 1550. The second kappa shape index (κ2) is 10.0. The van der Waals surface area contributed by atoms with Crippen LogP contribution in [0, 0.1) is 0 Å². The molecule has 0 unspecified atom stereocenters. The van der Waals surface area contributed by atoms with Crippen molar-refractivity contribution >= 4 is 44.4 Å². The molecule has 1 saturated heterocycles. The van der Waals surface area contributed by atoms with Crippen LogP contribution in [0.4, 0.5) is 23.0 Å². The summed E-state index contributed by atoms with van der Waals surface area (Å²) in [5.41, 5.74) is 5.97. The molecule has 2 aliphatic heterocycles. The maximum absolute atomic E-state index is 13.7. The van der Waals surface area contributed by atoms with Gasteiger partial charge in [0, 0.05) is 49.7 Å². The van der Waals surface area contributed by atoms with Gasteiger partial charge < -0.3 is 15.1 Å². The fourth-order valence-corrected chi connectivity index (χ4v) is 7.32. The number of anilines is 4. The van der Waals surface area contributed by atoms with Gasteiger partial charge in [0.25, 0.3) is 10.0 Å². The minimum atomic E-state index is -3.78. The normalized spacial score (nSPS) is 16.7. The molecule has 8 nitrogen and oxygen atoms in total. The third-order valence-electron chi connectivity index (χ3n) is 7.12. The highest BCUT2D eigenvalue weighted by Crippen LogP contribution is 2.44. The smallest absolute Gasteiger partial charge is 0.268 e. The Balaban J connectivity index is 1.33. The lowest BCUT2D eigenvalue weighted by atomic mass is 10.0. The van der Waals surface area contributed by atoms with Crippen LogP contribution < -0.4 is 14.5 Å². The van der Waals surface area contributed by atoms with Crippen molar-refractivity contribution in [3.63, 3.8) is 0 Å². The van der Waals surface area contributed by atoms with Gasteiger partial charge in [-0.05, 0) is 71.8 Å². The average molecular weight is 547 g/mol. The molecule has 0 aliphatic carbocycles. The van der Waals surface area contributed by atoms with Crippen LogP contribution in [0.15, 0.2) is 70.4 Å². The lowest BCUT2D eigenvalue weighted by Gasteiger charge is -2.34. The fraction of sp³-hybridized carbons (Fsp3) is 0.286. The van der Waals surface area contributed by atoms with Gasteiger partial charge in [0.15, 0.2) is 0 Å². The van der Waals surface area contributed by atoms with E-state index in [-0.39, 0.29) is 4.90 Å². The summed E-state index contributed by atoms with van der Waals surface area (Å²) >= 11 is 1.62. The second-order valence-corrected chi connectivity index (χ2v) is 12.3. The molecule has 1 fully saturated rings. The molecule has 2 aromatic carbocycles. The summed E-state index contributed by atoms with van der Waals surface area (Å²) in [5.74, 6) is 0.364. The zero-order chi connectivity index (χ0) is 26.3. The number of thiophene rings is 1. The first-order valence-corrected chi connectivity index (χ1v) is 15.2. The number of sulfonamides is 1. The monoisotopic (exact) mass is 546 g/mol. The third kappa shape index (κ3) is 4.53. The van der Waals surface area contributed by atoms with E-state index in [9.17, 15) is 8.42 Å². The lowest BCUT2D eigenvalue weighted by Crippen LogP contribution is -2.44. The van der Waals surface area contributed by atoms with E-state index < -0.39 is 10.0 Å². The molecule has 10 heteroatoms. The van der Waals surface area contributed by atoms with Crippen LogP contribution >= 0.6 is 11.3 Å². The van der Waals surface area contributed by atoms with Crippen LogP contribution in [-0.4, -0.2) is 63.1 Å². The van der Waals surface area contributed by atoms with Gasteiger partial charge in [0.05, 0.1) is 17.6 Å². The number of aromatic nitrogens is 2. The maximum atomic E-state index is 13.7. The molecule has 4 aromatic rings. The van der Waals surface area contributed by atoms with Crippen LogP contribution in [0.5, 0.6) is 0 Å². The summed E-state index contributed by atoms with van der Waals surface area (Å²) in [6.45, 7) is 6.49. The van der Waals surface area contributed by atoms with Crippen LogP contribution in [0.1, 0.15) is 13.3 Å². The Morgan fingerprint density at radius 1 is 1.00 bits per heavy atom. The minimum Gasteiger partial charge on any atom is -0.369 e. The first kappa shape index (κ1) is 24.8. The summed E-state index contributed by atoms with van der Waals surface area (Å²) in [5, 5.41) is 7.35. The number of piperazine rings is 1. The maximum Gasteiger partial charge on any atom is 0.268 e. The number of nitrogens with one attached hydrogen (secondary N) is 1.